The van der Waals surface area contributed by atoms with Crippen molar-refractivity contribution in [3.63, 3.8) is 0 Å². The lowest BCUT2D eigenvalue weighted by atomic mass is 9.76. The highest BCUT2D eigenvalue weighted by Gasteiger charge is 2.45. The fraction of sp³-hybridized carbons (Fsp3) is 0.611. The molecule has 3 nitrogen and oxygen atoms in total. The van der Waals surface area contributed by atoms with E-state index in [2.05, 4.69) is 0 Å². The van der Waals surface area contributed by atoms with E-state index in [0.717, 1.165) is 62.2 Å². The van der Waals surface area contributed by atoms with Crippen molar-refractivity contribution < 1.29 is 9.90 Å². The third-order valence-corrected chi connectivity index (χ3v) is 5.61. The van der Waals surface area contributed by atoms with Gasteiger partial charge < -0.3 is 10.0 Å². The Morgan fingerprint density at radius 2 is 2.00 bits per heavy atom. The van der Waals surface area contributed by atoms with Gasteiger partial charge in [-0.2, -0.15) is 0 Å². The number of hydrogen-bond donors (Lipinski definition) is 1. The van der Waals surface area contributed by atoms with Crippen molar-refractivity contribution in [3.05, 3.63) is 34.9 Å². The lowest BCUT2D eigenvalue weighted by Crippen LogP contribution is -2.49. The molecule has 2 atom stereocenters. The summed E-state index contributed by atoms with van der Waals surface area (Å²) in [5.41, 5.74) is 1.12. The molecule has 22 heavy (non-hydrogen) atoms. The second-order valence-corrected chi connectivity index (χ2v) is 7.25. The molecule has 1 saturated carbocycles. The molecule has 1 aliphatic heterocycles. The predicted octanol–water partition coefficient (Wildman–Crippen LogP) is 3.43. The summed E-state index contributed by atoms with van der Waals surface area (Å²) < 4.78 is 0. The maximum absolute atomic E-state index is 12.5. The summed E-state index contributed by atoms with van der Waals surface area (Å²) in [6.07, 6.45) is 6.20. The van der Waals surface area contributed by atoms with Gasteiger partial charge in [0.05, 0.1) is 6.10 Å². The molecule has 3 rings (SSSR count). The molecule has 1 aromatic rings. The molecule has 2 fully saturated rings. The van der Waals surface area contributed by atoms with Gasteiger partial charge in [0, 0.05) is 29.9 Å². The van der Waals surface area contributed by atoms with E-state index in [4.69, 9.17) is 11.6 Å². The second-order valence-electron chi connectivity index (χ2n) is 6.82. The zero-order chi connectivity index (χ0) is 15.6. The van der Waals surface area contributed by atoms with Gasteiger partial charge in [0.25, 0.3) is 0 Å². The van der Waals surface area contributed by atoms with E-state index in [1.807, 2.05) is 29.2 Å². The smallest absolute Gasteiger partial charge is 0.222 e. The average Bonchev–Trinajstić information content (AvgIpc) is 2.87. The SMILES string of the molecule is O=C(CCc1ccc(Cl)cc1)N1CCC[C@@]2(CCC[C@H]2O)C1. The Morgan fingerprint density at radius 1 is 1.27 bits per heavy atom. The van der Waals surface area contributed by atoms with E-state index >= 15 is 0 Å². The van der Waals surface area contributed by atoms with Gasteiger partial charge in [0.15, 0.2) is 0 Å². The van der Waals surface area contributed by atoms with Crippen LogP contribution < -0.4 is 0 Å². The first-order chi connectivity index (χ1) is 10.6. The van der Waals surface area contributed by atoms with E-state index in [-0.39, 0.29) is 17.4 Å². The number of aliphatic hydroxyl groups is 1. The molecule has 1 saturated heterocycles. The lowest BCUT2D eigenvalue weighted by Gasteiger charge is -2.42. The molecule has 1 amide bonds. The summed E-state index contributed by atoms with van der Waals surface area (Å²) in [4.78, 5) is 14.5. The third-order valence-electron chi connectivity index (χ3n) is 5.36. The average molecular weight is 322 g/mol. The fourth-order valence-electron chi connectivity index (χ4n) is 4.03. The number of piperidine rings is 1. The van der Waals surface area contributed by atoms with E-state index in [1.165, 1.54) is 0 Å². The number of carbonyl (C=O) groups is 1. The first-order valence-corrected chi connectivity index (χ1v) is 8.67. The molecule has 1 N–H and O–H groups in total. The van der Waals surface area contributed by atoms with Crippen LogP contribution in [0.15, 0.2) is 24.3 Å². The summed E-state index contributed by atoms with van der Waals surface area (Å²) in [5, 5.41) is 11.0. The maximum Gasteiger partial charge on any atom is 0.222 e. The standard InChI is InChI=1S/C18H24ClNO2/c19-15-7-4-14(5-8-15)6-9-17(22)20-12-2-11-18(13-20)10-1-3-16(18)21/h4-5,7-8,16,21H,1-3,6,9-13H2/t16-,18+/m1/s1. The van der Waals surface area contributed by atoms with Gasteiger partial charge in [-0.1, -0.05) is 30.2 Å². The number of hydrogen-bond acceptors (Lipinski definition) is 2. The van der Waals surface area contributed by atoms with E-state index in [1.54, 1.807) is 0 Å². The van der Waals surface area contributed by atoms with Crippen LogP contribution in [0.5, 0.6) is 0 Å². The van der Waals surface area contributed by atoms with Gasteiger partial charge >= 0.3 is 0 Å². The van der Waals surface area contributed by atoms with Crippen molar-refractivity contribution in [3.8, 4) is 0 Å². The number of carbonyl (C=O) groups excluding carboxylic acids is 1. The predicted molar refractivity (Wildman–Crippen MR) is 87.9 cm³/mol. The van der Waals surface area contributed by atoms with Crippen molar-refractivity contribution in [2.75, 3.05) is 13.1 Å². The number of amides is 1. The molecule has 1 aromatic carbocycles. The molecule has 0 unspecified atom stereocenters. The number of nitrogens with zero attached hydrogens (tertiary/aromatic N) is 1. The molecule has 1 spiro atoms. The van der Waals surface area contributed by atoms with Crippen LogP contribution in [0.3, 0.4) is 0 Å². The minimum atomic E-state index is -0.223. The first-order valence-electron chi connectivity index (χ1n) is 8.29. The largest absolute Gasteiger partial charge is 0.392 e. The van der Waals surface area contributed by atoms with Crippen LogP contribution in [-0.2, 0) is 11.2 Å². The minimum Gasteiger partial charge on any atom is -0.392 e. The molecule has 0 bridgehead atoms. The number of aryl methyl sites for hydroxylation is 1. The first kappa shape index (κ1) is 15.8. The van der Waals surface area contributed by atoms with Gasteiger partial charge in [0.2, 0.25) is 5.91 Å². The van der Waals surface area contributed by atoms with Gasteiger partial charge in [-0.05, 0) is 49.8 Å². The fourth-order valence-corrected chi connectivity index (χ4v) is 4.16. The van der Waals surface area contributed by atoms with Crippen LogP contribution in [0.2, 0.25) is 5.02 Å². The topological polar surface area (TPSA) is 40.5 Å². The maximum atomic E-state index is 12.5. The van der Waals surface area contributed by atoms with Crippen LogP contribution in [-0.4, -0.2) is 35.1 Å². The molecule has 4 heteroatoms. The van der Waals surface area contributed by atoms with Crippen molar-refractivity contribution in [1.29, 1.82) is 0 Å². The Balaban J connectivity index is 1.56. The highest BCUT2D eigenvalue weighted by Crippen LogP contribution is 2.45. The molecule has 0 aromatic heterocycles. The Bertz CT molecular complexity index is 530. The summed E-state index contributed by atoms with van der Waals surface area (Å²) in [5.74, 6) is 0.216. The van der Waals surface area contributed by atoms with Crippen LogP contribution in [0, 0.1) is 5.41 Å². The Labute approximate surface area is 137 Å². The Kier molecular flexibility index (Phi) is 4.74. The van der Waals surface area contributed by atoms with Gasteiger partial charge in [-0.25, -0.2) is 0 Å². The highest BCUT2D eigenvalue weighted by molar-refractivity contribution is 6.30. The monoisotopic (exact) mass is 321 g/mol. The summed E-state index contributed by atoms with van der Waals surface area (Å²) in [6.45, 7) is 1.58. The van der Waals surface area contributed by atoms with Crippen molar-refractivity contribution in [2.45, 2.75) is 51.0 Å². The van der Waals surface area contributed by atoms with Gasteiger partial charge in [0.1, 0.15) is 0 Å². The van der Waals surface area contributed by atoms with Crippen molar-refractivity contribution in [2.24, 2.45) is 5.41 Å². The lowest BCUT2D eigenvalue weighted by molar-refractivity contribution is -0.136. The van der Waals surface area contributed by atoms with Crippen LogP contribution >= 0.6 is 11.6 Å². The number of likely N-dealkylation sites (tertiary alicyclic amines) is 1. The van der Waals surface area contributed by atoms with E-state index < -0.39 is 0 Å². The number of rotatable bonds is 3. The number of halogens is 1. The summed E-state index contributed by atoms with van der Waals surface area (Å²) in [7, 11) is 0. The molecule has 2 aliphatic rings. The molecular weight excluding hydrogens is 298 g/mol. The van der Waals surface area contributed by atoms with Crippen molar-refractivity contribution >= 4 is 17.5 Å². The highest BCUT2D eigenvalue weighted by atomic mass is 35.5. The van der Waals surface area contributed by atoms with E-state index in [0.29, 0.717) is 6.42 Å². The minimum absolute atomic E-state index is 0.0197. The molecule has 0 radical (unpaired) electrons. The Morgan fingerprint density at radius 3 is 2.68 bits per heavy atom. The quantitative estimate of drug-likeness (QED) is 0.926. The molecule has 120 valence electrons. The van der Waals surface area contributed by atoms with E-state index in [9.17, 15) is 9.90 Å². The van der Waals surface area contributed by atoms with Gasteiger partial charge in [-0.15, -0.1) is 0 Å². The van der Waals surface area contributed by atoms with Crippen LogP contribution in [0.4, 0.5) is 0 Å². The normalized spacial score (nSPS) is 28.3. The molecule has 1 aliphatic carbocycles. The molecule has 1 heterocycles. The zero-order valence-corrected chi connectivity index (χ0v) is 13.7. The van der Waals surface area contributed by atoms with Crippen LogP contribution in [0.1, 0.15) is 44.1 Å². The van der Waals surface area contributed by atoms with Crippen LogP contribution in [0.25, 0.3) is 0 Å². The number of benzene rings is 1. The molecular formula is C18H24ClNO2. The zero-order valence-electron chi connectivity index (χ0n) is 12.9. The third kappa shape index (κ3) is 3.31. The van der Waals surface area contributed by atoms with Crippen molar-refractivity contribution in [1.82, 2.24) is 4.90 Å². The summed E-state index contributed by atoms with van der Waals surface area (Å²) >= 11 is 5.88. The Hall–Kier alpha value is -1.06. The summed E-state index contributed by atoms with van der Waals surface area (Å²) in [6, 6.07) is 7.69. The number of aliphatic hydroxyl groups excluding tert-OH is 1. The van der Waals surface area contributed by atoms with Gasteiger partial charge in [-0.3, -0.25) is 4.79 Å². The second kappa shape index (κ2) is 6.59.